The van der Waals surface area contributed by atoms with Gasteiger partial charge >= 0.3 is 0 Å². The van der Waals surface area contributed by atoms with Gasteiger partial charge in [-0.3, -0.25) is 0 Å². The van der Waals surface area contributed by atoms with Gasteiger partial charge in [-0.05, 0) is 20.8 Å². The average Bonchev–Trinajstić information content (AvgIpc) is 2.78. The van der Waals surface area contributed by atoms with Crippen molar-refractivity contribution in [3.05, 3.63) is 17.5 Å². The number of nitrogens with zero attached hydrogens (tertiary/aromatic N) is 4. The Bertz CT molecular complexity index is 476. The van der Waals surface area contributed by atoms with E-state index in [2.05, 4.69) is 30.7 Å². The number of hydrogen-bond donors (Lipinski definition) is 2. The fourth-order valence-electron chi connectivity index (χ4n) is 1.39. The number of aromatic amines is 1. The summed E-state index contributed by atoms with van der Waals surface area (Å²) in [5, 5.41) is 13.5. The molecule has 0 atom stereocenters. The van der Waals surface area contributed by atoms with E-state index in [-0.39, 0.29) is 0 Å². The van der Waals surface area contributed by atoms with Crippen molar-refractivity contribution in [1.29, 1.82) is 0 Å². The van der Waals surface area contributed by atoms with Crippen LogP contribution in [0.2, 0.25) is 0 Å². The lowest BCUT2D eigenvalue weighted by Crippen LogP contribution is -2.06. The third-order valence-electron chi connectivity index (χ3n) is 2.38. The number of anilines is 1. The van der Waals surface area contributed by atoms with E-state index in [0.717, 1.165) is 23.6 Å². The first kappa shape index (κ1) is 10.5. The Balaban J connectivity index is 2.48. The quantitative estimate of drug-likeness (QED) is 0.812. The van der Waals surface area contributed by atoms with E-state index in [1.165, 1.54) is 0 Å². The van der Waals surface area contributed by atoms with E-state index >= 15 is 0 Å². The van der Waals surface area contributed by atoms with Crippen LogP contribution >= 0.6 is 0 Å². The minimum Gasteiger partial charge on any atom is -0.370 e. The zero-order valence-corrected chi connectivity index (χ0v) is 9.57. The Labute approximate surface area is 93.5 Å². The van der Waals surface area contributed by atoms with Crippen LogP contribution in [0.1, 0.15) is 18.2 Å². The molecule has 2 aromatic heterocycles. The number of aryl methyl sites for hydroxylation is 1. The third kappa shape index (κ3) is 1.86. The van der Waals surface area contributed by atoms with Crippen LogP contribution in [0.3, 0.4) is 0 Å². The number of hydrogen-bond acceptors (Lipinski definition) is 5. The van der Waals surface area contributed by atoms with E-state index in [9.17, 15) is 0 Å². The second-order valence-corrected chi connectivity index (χ2v) is 3.49. The molecule has 16 heavy (non-hydrogen) atoms. The standard InChI is InChI=1S/C10H14N6/c1-4-11-9-6(2)7(3)13-10(14-9)8-5-12-16-15-8/h5H,4H2,1-3H3,(H,11,13,14)(H,12,15,16). The number of aromatic nitrogens is 5. The molecule has 2 heterocycles. The Morgan fingerprint density at radius 3 is 2.75 bits per heavy atom. The van der Waals surface area contributed by atoms with Gasteiger partial charge in [-0.25, -0.2) is 9.97 Å². The summed E-state index contributed by atoms with van der Waals surface area (Å²) >= 11 is 0. The summed E-state index contributed by atoms with van der Waals surface area (Å²) in [6.07, 6.45) is 1.61. The molecule has 0 fully saturated rings. The Hall–Kier alpha value is -1.98. The Morgan fingerprint density at radius 1 is 1.31 bits per heavy atom. The molecule has 0 saturated heterocycles. The molecule has 2 aromatic rings. The predicted molar refractivity (Wildman–Crippen MR) is 61.0 cm³/mol. The highest BCUT2D eigenvalue weighted by atomic mass is 15.3. The van der Waals surface area contributed by atoms with E-state index < -0.39 is 0 Å². The van der Waals surface area contributed by atoms with Crippen molar-refractivity contribution in [2.24, 2.45) is 0 Å². The van der Waals surface area contributed by atoms with Crippen LogP contribution < -0.4 is 5.32 Å². The van der Waals surface area contributed by atoms with Gasteiger partial charge in [0.05, 0.1) is 6.20 Å². The lowest BCUT2D eigenvalue weighted by Gasteiger charge is -2.09. The second kappa shape index (κ2) is 4.26. The van der Waals surface area contributed by atoms with Gasteiger partial charge in [0.15, 0.2) is 5.82 Å². The highest BCUT2D eigenvalue weighted by Gasteiger charge is 2.10. The SMILES string of the molecule is CCNc1nc(-c2cn[nH]n2)nc(C)c1C. The van der Waals surface area contributed by atoms with Crippen molar-refractivity contribution in [1.82, 2.24) is 25.4 Å². The molecule has 0 aromatic carbocycles. The summed E-state index contributed by atoms with van der Waals surface area (Å²) in [6, 6.07) is 0. The van der Waals surface area contributed by atoms with Crippen molar-refractivity contribution in [3.8, 4) is 11.5 Å². The number of rotatable bonds is 3. The van der Waals surface area contributed by atoms with Crippen LogP contribution in [0, 0.1) is 13.8 Å². The molecule has 0 radical (unpaired) electrons. The van der Waals surface area contributed by atoms with Crippen molar-refractivity contribution in [2.75, 3.05) is 11.9 Å². The fraction of sp³-hybridized carbons (Fsp3) is 0.400. The smallest absolute Gasteiger partial charge is 0.183 e. The monoisotopic (exact) mass is 218 g/mol. The first-order chi connectivity index (χ1) is 7.72. The van der Waals surface area contributed by atoms with E-state index in [4.69, 9.17) is 0 Å². The van der Waals surface area contributed by atoms with Crippen LogP contribution in [-0.4, -0.2) is 31.9 Å². The highest BCUT2D eigenvalue weighted by Crippen LogP contribution is 2.19. The number of H-pyrrole nitrogens is 1. The van der Waals surface area contributed by atoms with E-state index in [0.29, 0.717) is 11.5 Å². The van der Waals surface area contributed by atoms with Crippen molar-refractivity contribution >= 4 is 5.82 Å². The Kier molecular flexibility index (Phi) is 2.80. The minimum atomic E-state index is 0.591. The summed E-state index contributed by atoms with van der Waals surface area (Å²) < 4.78 is 0. The molecule has 0 amide bonds. The Morgan fingerprint density at radius 2 is 2.12 bits per heavy atom. The molecule has 6 heteroatoms. The van der Waals surface area contributed by atoms with Gasteiger partial charge < -0.3 is 5.32 Å². The van der Waals surface area contributed by atoms with Crippen LogP contribution in [-0.2, 0) is 0 Å². The largest absolute Gasteiger partial charge is 0.370 e. The van der Waals surface area contributed by atoms with Crippen LogP contribution in [0.4, 0.5) is 5.82 Å². The topological polar surface area (TPSA) is 79.4 Å². The van der Waals surface area contributed by atoms with Gasteiger partial charge in [0, 0.05) is 17.8 Å². The van der Waals surface area contributed by atoms with E-state index in [1.54, 1.807) is 6.20 Å². The van der Waals surface area contributed by atoms with Crippen molar-refractivity contribution in [3.63, 3.8) is 0 Å². The van der Waals surface area contributed by atoms with Crippen LogP contribution in [0.25, 0.3) is 11.5 Å². The maximum atomic E-state index is 4.42. The second-order valence-electron chi connectivity index (χ2n) is 3.49. The first-order valence-corrected chi connectivity index (χ1v) is 5.17. The molecular weight excluding hydrogens is 204 g/mol. The molecule has 84 valence electrons. The zero-order chi connectivity index (χ0) is 11.5. The molecule has 0 aliphatic heterocycles. The molecule has 6 nitrogen and oxygen atoms in total. The maximum Gasteiger partial charge on any atom is 0.183 e. The molecule has 0 unspecified atom stereocenters. The van der Waals surface area contributed by atoms with E-state index in [1.807, 2.05) is 20.8 Å². The number of nitrogens with one attached hydrogen (secondary N) is 2. The summed E-state index contributed by atoms with van der Waals surface area (Å²) in [5.41, 5.74) is 2.67. The zero-order valence-electron chi connectivity index (χ0n) is 9.57. The lowest BCUT2D eigenvalue weighted by atomic mass is 10.2. The summed E-state index contributed by atoms with van der Waals surface area (Å²) in [5.74, 6) is 1.45. The third-order valence-corrected chi connectivity index (χ3v) is 2.38. The van der Waals surface area contributed by atoms with Gasteiger partial charge in [-0.1, -0.05) is 0 Å². The van der Waals surface area contributed by atoms with Gasteiger partial charge in [-0.2, -0.15) is 15.4 Å². The lowest BCUT2D eigenvalue weighted by molar-refractivity contribution is 0.936. The normalized spacial score (nSPS) is 10.4. The van der Waals surface area contributed by atoms with Gasteiger partial charge in [-0.15, -0.1) is 0 Å². The van der Waals surface area contributed by atoms with Gasteiger partial charge in [0.25, 0.3) is 0 Å². The average molecular weight is 218 g/mol. The van der Waals surface area contributed by atoms with Crippen molar-refractivity contribution in [2.45, 2.75) is 20.8 Å². The fourth-order valence-corrected chi connectivity index (χ4v) is 1.39. The molecule has 2 N–H and O–H groups in total. The highest BCUT2D eigenvalue weighted by molar-refractivity contribution is 5.55. The minimum absolute atomic E-state index is 0.591. The van der Waals surface area contributed by atoms with Crippen molar-refractivity contribution < 1.29 is 0 Å². The van der Waals surface area contributed by atoms with Gasteiger partial charge in [0.2, 0.25) is 0 Å². The summed E-state index contributed by atoms with van der Waals surface area (Å²) in [7, 11) is 0. The molecule has 0 saturated carbocycles. The molecule has 0 bridgehead atoms. The molecule has 0 aliphatic rings. The maximum absolute atomic E-state index is 4.42. The first-order valence-electron chi connectivity index (χ1n) is 5.17. The van der Waals surface area contributed by atoms with Crippen LogP contribution in [0.5, 0.6) is 0 Å². The van der Waals surface area contributed by atoms with Gasteiger partial charge in [0.1, 0.15) is 11.5 Å². The molecule has 0 aliphatic carbocycles. The molecule has 2 rings (SSSR count). The summed E-state index contributed by atoms with van der Waals surface area (Å²) in [6.45, 7) is 6.82. The van der Waals surface area contributed by atoms with Crippen LogP contribution in [0.15, 0.2) is 6.20 Å². The summed E-state index contributed by atoms with van der Waals surface area (Å²) in [4.78, 5) is 8.81. The molecule has 0 spiro atoms. The molecular formula is C10H14N6. The predicted octanol–water partition coefficient (Wildman–Crippen LogP) is 1.31.